The predicted octanol–water partition coefficient (Wildman–Crippen LogP) is 2.11. The number of anilines is 1. The van der Waals surface area contributed by atoms with Crippen molar-refractivity contribution in [1.29, 1.82) is 0 Å². The number of carbonyl (C=O) groups excluding carboxylic acids is 1. The van der Waals surface area contributed by atoms with E-state index in [9.17, 15) is 14.7 Å². The summed E-state index contributed by atoms with van der Waals surface area (Å²) < 4.78 is 5.08. The first kappa shape index (κ1) is 11.5. The molecule has 1 aliphatic heterocycles. The van der Waals surface area contributed by atoms with E-state index in [1.807, 2.05) is 0 Å². The van der Waals surface area contributed by atoms with Crippen molar-refractivity contribution in [2.45, 2.75) is 5.92 Å². The lowest BCUT2D eigenvalue weighted by Crippen LogP contribution is -2.30. The number of aliphatic carboxylic acids is 1. The van der Waals surface area contributed by atoms with Crippen molar-refractivity contribution in [1.82, 2.24) is 0 Å². The van der Waals surface area contributed by atoms with Crippen LogP contribution >= 0.6 is 0 Å². The number of para-hydroxylation sites is 1. The molecule has 1 N–H and O–H groups in total. The zero-order valence-corrected chi connectivity index (χ0v) is 9.95. The summed E-state index contributed by atoms with van der Waals surface area (Å²) in [5.74, 6) is -1.72. The average Bonchev–Trinajstić information content (AvgIpc) is 3.05. The number of carboxylic acids is 1. The number of fused-ring (bicyclic) bond motifs is 1. The molecule has 1 aromatic heterocycles. The number of carboxylic acid groups (broad SMARTS) is 1. The Morgan fingerprint density at radius 3 is 2.68 bits per heavy atom. The summed E-state index contributed by atoms with van der Waals surface area (Å²) in [6.07, 6.45) is 1.42. The molecule has 1 atom stereocenters. The van der Waals surface area contributed by atoms with Crippen LogP contribution in [0.5, 0.6) is 0 Å². The monoisotopic (exact) mass is 257 g/mol. The first-order valence-electron chi connectivity index (χ1n) is 5.85. The Bertz CT molecular complexity index is 633. The van der Waals surface area contributed by atoms with E-state index in [4.69, 9.17) is 4.42 Å². The van der Waals surface area contributed by atoms with Crippen molar-refractivity contribution in [3.8, 4) is 0 Å². The lowest BCUT2D eigenvalue weighted by Gasteiger charge is -2.15. The molecule has 5 nitrogen and oxygen atoms in total. The Labute approximate surface area is 109 Å². The van der Waals surface area contributed by atoms with E-state index < -0.39 is 11.9 Å². The molecule has 0 unspecified atom stereocenters. The summed E-state index contributed by atoms with van der Waals surface area (Å²) in [5, 5.41) is 9.23. The van der Waals surface area contributed by atoms with Crippen LogP contribution in [0.4, 0.5) is 5.69 Å². The third kappa shape index (κ3) is 1.79. The molecule has 2 aromatic rings. The highest BCUT2D eigenvalue weighted by atomic mass is 16.4. The van der Waals surface area contributed by atoms with Gasteiger partial charge in [0.15, 0.2) is 5.76 Å². The fourth-order valence-electron chi connectivity index (χ4n) is 2.34. The van der Waals surface area contributed by atoms with Crippen LogP contribution in [0.15, 0.2) is 47.1 Å². The lowest BCUT2D eigenvalue weighted by atomic mass is 10.0. The number of hydrogen-bond acceptors (Lipinski definition) is 3. The molecule has 3 rings (SSSR count). The van der Waals surface area contributed by atoms with Crippen molar-refractivity contribution in [2.24, 2.45) is 0 Å². The van der Waals surface area contributed by atoms with Crippen molar-refractivity contribution in [2.75, 3.05) is 11.4 Å². The van der Waals surface area contributed by atoms with E-state index in [-0.39, 0.29) is 18.2 Å². The summed E-state index contributed by atoms with van der Waals surface area (Å²) in [6.45, 7) is 0.133. The third-order valence-corrected chi connectivity index (χ3v) is 3.24. The highest BCUT2D eigenvalue weighted by Crippen LogP contribution is 2.37. The highest BCUT2D eigenvalue weighted by Gasteiger charge is 2.37. The maximum absolute atomic E-state index is 12.3. The minimum atomic E-state index is -0.929. The molecule has 96 valence electrons. The molecule has 19 heavy (non-hydrogen) atoms. The van der Waals surface area contributed by atoms with Crippen LogP contribution in [-0.2, 0) is 4.79 Å². The van der Waals surface area contributed by atoms with Gasteiger partial charge in [0.05, 0.1) is 6.26 Å². The third-order valence-electron chi connectivity index (χ3n) is 3.24. The van der Waals surface area contributed by atoms with E-state index in [1.165, 1.54) is 11.2 Å². The van der Waals surface area contributed by atoms with Gasteiger partial charge in [0.1, 0.15) is 5.92 Å². The summed E-state index contributed by atoms with van der Waals surface area (Å²) in [4.78, 5) is 25.0. The van der Waals surface area contributed by atoms with Crippen LogP contribution in [0, 0.1) is 0 Å². The van der Waals surface area contributed by atoms with Gasteiger partial charge in [0.25, 0.3) is 5.91 Å². The zero-order valence-electron chi connectivity index (χ0n) is 9.95. The molecule has 1 amide bonds. The van der Waals surface area contributed by atoms with Gasteiger partial charge < -0.3 is 14.4 Å². The number of nitrogens with zero attached hydrogens (tertiary/aromatic N) is 1. The SMILES string of the molecule is O=C(O)[C@H]1CN(C(=O)c2ccco2)c2ccccc21. The number of rotatable bonds is 2. The Hall–Kier alpha value is -2.56. The van der Waals surface area contributed by atoms with E-state index in [1.54, 1.807) is 36.4 Å². The van der Waals surface area contributed by atoms with E-state index >= 15 is 0 Å². The number of amides is 1. The van der Waals surface area contributed by atoms with Gasteiger partial charge in [-0.1, -0.05) is 18.2 Å². The number of hydrogen-bond donors (Lipinski definition) is 1. The first-order chi connectivity index (χ1) is 9.18. The van der Waals surface area contributed by atoms with Gasteiger partial charge >= 0.3 is 5.97 Å². The van der Waals surface area contributed by atoms with Gasteiger partial charge in [-0.2, -0.15) is 0 Å². The summed E-state index contributed by atoms with van der Waals surface area (Å²) in [7, 11) is 0. The smallest absolute Gasteiger partial charge is 0.312 e. The van der Waals surface area contributed by atoms with Gasteiger partial charge in [-0.3, -0.25) is 9.59 Å². The Balaban J connectivity index is 2.01. The fraction of sp³-hybridized carbons (Fsp3) is 0.143. The molecular formula is C14H11NO4. The molecule has 1 aromatic carbocycles. The van der Waals surface area contributed by atoms with Crippen molar-refractivity contribution in [3.63, 3.8) is 0 Å². The molecule has 0 saturated carbocycles. The Morgan fingerprint density at radius 1 is 1.21 bits per heavy atom. The minimum Gasteiger partial charge on any atom is -0.481 e. The molecule has 0 bridgehead atoms. The molecule has 0 fully saturated rings. The molecule has 0 saturated heterocycles. The van der Waals surface area contributed by atoms with E-state index in [0.717, 1.165) is 0 Å². The Morgan fingerprint density at radius 2 is 2.00 bits per heavy atom. The predicted molar refractivity (Wildman–Crippen MR) is 67.2 cm³/mol. The quantitative estimate of drug-likeness (QED) is 0.894. The molecule has 0 aliphatic carbocycles. The number of furan rings is 1. The maximum Gasteiger partial charge on any atom is 0.312 e. The normalized spacial score (nSPS) is 17.3. The zero-order chi connectivity index (χ0) is 13.4. The molecule has 5 heteroatoms. The van der Waals surface area contributed by atoms with E-state index in [2.05, 4.69) is 0 Å². The van der Waals surface area contributed by atoms with Crippen molar-refractivity contribution in [3.05, 3.63) is 54.0 Å². The standard InChI is InChI=1S/C14H11NO4/c16-13(12-6-3-7-19-12)15-8-10(14(17)18)9-4-1-2-5-11(9)15/h1-7,10H,8H2,(H,17,18)/t10-/m0/s1. The lowest BCUT2D eigenvalue weighted by molar-refractivity contribution is -0.138. The summed E-state index contributed by atoms with van der Waals surface area (Å²) in [5.41, 5.74) is 1.30. The second kappa shape index (κ2) is 4.28. The maximum atomic E-state index is 12.3. The van der Waals surface area contributed by atoms with Crippen molar-refractivity contribution >= 4 is 17.6 Å². The Kier molecular flexibility index (Phi) is 2.59. The van der Waals surface area contributed by atoms with Crippen LogP contribution in [0.3, 0.4) is 0 Å². The molecular weight excluding hydrogens is 246 g/mol. The first-order valence-corrected chi connectivity index (χ1v) is 5.85. The summed E-state index contributed by atoms with van der Waals surface area (Å²) >= 11 is 0. The second-order valence-corrected chi connectivity index (χ2v) is 4.34. The second-order valence-electron chi connectivity index (χ2n) is 4.34. The highest BCUT2D eigenvalue weighted by molar-refractivity contribution is 6.07. The number of carbonyl (C=O) groups is 2. The van der Waals surface area contributed by atoms with Crippen LogP contribution in [0.25, 0.3) is 0 Å². The van der Waals surface area contributed by atoms with Crippen LogP contribution < -0.4 is 4.90 Å². The van der Waals surface area contributed by atoms with E-state index in [0.29, 0.717) is 11.3 Å². The van der Waals surface area contributed by atoms with Gasteiger partial charge in [0, 0.05) is 12.2 Å². The fourth-order valence-corrected chi connectivity index (χ4v) is 2.34. The van der Waals surface area contributed by atoms with Gasteiger partial charge in [-0.15, -0.1) is 0 Å². The summed E-state index contributed by atoms with van der Waals surface area (Å²) in [6, 6.07) is 10.2. The molecule has 1 aliphatic rings. The van der Waals surface area contributed by atoms with Gasteiger partial charge in [0.2, 0.25) is 0 Å². The van der Waals surface area contributed by atoms with Gasteiger partial charge in [-0.25, -0.2) is 0 Å². The van der Waals surface area contributed by atoms with Crippen LogP contribution in [0.1, 0.15) is 22.0 Å². The van der Waals surface area contributed by atoms with Gasteiger partial charge in [-0.05, 0) is 23.8 Å². The number of benzene rings is 1. The molecule has 2 heterocycles. The van der Waals surface area contributed by atoms with Crippen LogP contribution in [-0.4, -0.2) is 23.5 Å². The average molecular weight is 257 g/mol. The molecule has 0 radical (unpaired) electrons. The molecule has 0 spiro atoms. The van der Waals surface area contributed by atoms with Crippen molar-refractivity contribution < 1.29 is 19.1 Å². The van der Waals surface area contributed by atoms with Crippen LogP contribution in [0.2, 0.25) is 0 Å². The topological polar surface area (TPSA) is 70.8 Å². The largest absolute Gasteiger partial charge is 0.481 e. The minimum absolute atomic E-state index is 0.133.